The van der Waals surface area contributed by atoms with Crippen molar-refractivity contribution in [2.24, 2.45) is 5.73 Å². The molecule has 100 valence electrons. The number of halogens is 2. The number of pyridine rings is 1. The number of nitrogens with two attached hydrogens (primary N) is 1. The smallest absolute Gasteiger partial charge is 0.0624 e. The van der Waals surface area contributed by atoms with E-state index in [1.165, 1.54) is 5.56 Å². The fraction of sp³-hybridized carbons (Fsp3) is 0.267. The van der Waals surface area contributed by atoms with E-state index in [0.717, 1.165) is 24.8 Å². The second-order valence-corrected chi connectivity index (χ2v) is 5.36. The molecule has 1 atom stereocenters. The van der Waals surface area contributed by atoms with Gasteiger partial charge >= 0.3 is 0 Å². The first-order valence-electron chi connectivity index (χ1n) is 6.24. The molecule has 1 aromatic heterocycles. The SMILES string of the molecule is NC(CCc1cccnc1)Cc1cccc(Cl)c1Cl. The Balaban J connectivity index is 1.91. The number of aryl methyl sites for hydroxylation is 1. The highest BCUT2D eigenvalue weighted by atomic mass is 35.5. The van der Waals surface area contributed by atoms with Gasteiger partial charge in [-0.2, -0.15) is 0 Å². The average molecular weight is 295 g/mol. The van der Waals surface area contributed by atoms with Crippen molar-refractivity contribution in [3.8, 4) is 0 Å². The van der Waals surface area contributed by atoms with Crippen LogP contribution in [0.15, 0.2) is 42.7 Å². The summed E-state index contributed by atoms with van der Waals surface area (Å²) in [6.45, 7) is 0. The minimum absolute atomic E-state index is 0.0659. The van der Waals surface area contributed by atoms with Crippen LogP contribution in [0.3, 0.4) is 0 Å². The summed E-state index contributed by atoms with van der Waals surface area (Å²) in [4.78, 5) is 4.09. The Labute approximate surface area is 123 Å². The molecule has 0 saturated heterocycles. The Hall–Kier alpha value is -1.09. The Bertz CT molecular complexity index is 529. The summed E-state index contributed by atoms with van der Waals surface area (Å²) in [5.41, 5.74) is 8.36. The summed E-state index contributed by atoms with van der Waals surface area (Å²) in [5, 5.41) is 1.19. The second-order valence-electron chi connectivity index (χ2n) is 4.58. The predicted molar refractivity (Wildman–Crippen MR) is 80.7 cm³/mol. The molecule has 1 heterocycles. The molecule has 2 N–H and O–H groups in total. The third kappa shape index (κ3) is 4.20. The van der Waals surface area contributed by atoms with Crippen molar-refractivity contribution in [2.45, 2.75) is 25.3 Å². The van der Waals surface area contributed by atoms with E-state index in [1.54, 1.807) is 12.3 Å². The van der Waals surface area contributed by atoms with E-state index in [2.05, 4.69) is 11.1 Å². The lowest BCUT2D eigenvalue weighted by Crippen LogP contribution is -2.23. The van der Waals surface area contributed by atoms with E-state index in [0.29, 0.717) is 10.0 Å². The van der Waals surface area contributed by atoms with Crippen LogP contribution in [0, 0.1) is 0 Å². The highest BCUT2D eigenvalue weighted by Crippen LogP contribution is 2.26. The average Bonchev–Trinajstić information content (AvgIpc) is 2.43. The molecule has 0 aliphatic heterocycles. The molecule has 1 unspecified atom stereocenters. The Morgan fingerprint density at radius 1 is 1.16 bits per heavy atom. The molecular formula is C15H16Cl2N2. The molecule has 0 radical (unpaired) electrons. The molecule has 2 nitrogen and oxygen atoms in total. The molecule has 2 rings (SSSR count). The van der Waals surface area contributed by atoms with Crippen molar-refractivity contribution >= 4 is 23.2 Å². The molecule has 0 saturated carbocycles. The van der Waals surface area contributed by atoms with Crippen LogP contribution in [0.1, 0.15) is 17.5 Å². The number of hydrogen-bond donors (Lipinski definition) is 1. The predicted octanol–water partition coefficient (Wildman–Crippen LogP) is 3.89. The summed E-state index contributed by atoms with van der Waals surface area (Å²) in [6.07, 6.45) is 6.20. The number of hydrogen-bond acceptors (Lipinski definition) is 2. The number of nitrogens with zero attached hydrogens (tertiary/aromatic N) is 1. The van der Waals surface area contributed by atoms with Gasteiger partial charge in [-0.15, -0.1) is 0 Å². The van der Waals surface area contributed by atoms with Crippen molar-refractivity contribution in [1.82, 2.24) is 4.98 Å². The van der Waals surface area contributed by atoms with Crippen molar-refractivity contribution in [3.63, 3.8) is 0 Å². The van der Waals surface area contributed by atoms with Crippen LogP contribution in [0.2, 0.25) is 10.0 Å². The highest BCUT2D eigenvalue weighted by molar-refractivity contribution is 6.42. The Kier molecular flexibility index (Phi) is 5.20. The molecule has 0 fully saturated rings. The minimum atomic E-state index is 0.0659. The van der Waals surface area contributed by atoms with E-state index >= 15 is 0 Å². The molecule has 19 heavy (non-hydrogen) atoms. The summed E-state index contributed by atoms with van der Waals surface area (Å²) in [6, 6.07) is 9.72. The summed E-state index contributed by atoms with van der Waals surface area (Å²) in [7, 11) is 0. The van der Waals surface area contributed by atoms with Gasteiger partial charge in [-0.05, 0) is 42.5 Å². The van der Waals surface area contributed by atoms with Crippen LogP contribution in [0.25, 0.3) is 0 Å². The first kappa shape index (κ1) is 14.3. The highest BCUT2D eigenvalue weighted by Gasteiger charge is 2.09. The summed E-state index contributed by atoms with van der Waals surface area (Å²) in [5.74, 6) is 0. The monoisotopic (exact) mass is 294 g/mol. The number of aromatic nitrogens is 1. The molecule has 0 aliphatic carbocycles. The maximum Gasteiger partial charge on any atom is 0.0624 e. The van der Waals surface area contributed by atoms with Gasteiger partial charge in [0.2, 0.25) is 0 Å². The van der Waals surface area contributed by atoms with Gasteiger partial charge in [0.05, 0.1) is 10.0 Å². The number of rotatable bonds is 5. The fourth-order valence-corrected chi connectivity index (χ4v) is 2.39. The normalized spacial score (nSPS) is 12.4. The molecule has 1 aromatic carbocycles. The molecule has 4 heteroatoms. The molecule has 0 spiro atoms. The quantitative estimate of drug-likeness (QED) is 0.908. The van der Waals surface area contributed by atoms with Crippen LogP contribution in [0.5, 0.6) is 0 Å². The van der Waals surface area contributed by atoms with Gasteiger partial charge in [-0.3, -0.25) is 4.98 Å². The molecule has 0 aliphatic rings. The Morgan fingerprint density at radius 2 is 2.00 bits per heavy atom. The molecular weight excluding hydrogens is 279 g/mol. The van der Waals surface area contributed by atoms with Crippen molar-refractivity contribution in [3.05, 3.63) is 63.9 Å². The zero-order chi connectivity index (χ0) is 13.7. The van der Waals surface area contributed by atoms with E-state index in [4.69, 9.17) is 28.9 Å². The van der Waals surface area contributed by atoms with E-state index in [9.17, 15) is 0 Å². The van der Waals surface area contributed by atoms with Crippen molar-refractivity contribution in [1.29, 1.82) is 0 Å². The standard InChI is InChI=1S/C15H16Cl2N2/c16-14-5-1-4-12(15(14)17)9-13(18)7-6-11-3-2-8-19-10-11/h1-5,8,10,13H,6-7,9,18H2. The fourth-order valence-electron chi connectivity index (χ4n) is 1.99. The topological polar surface area (TPSA) is 38.9 Å². The van der Waals surface area contributed by atoms with Crippen molar-refractivity contribution in [2.75, 3.05) is 0 Å². The van der Waals surface area contributed by atoms with Crippen LogP contribution < -0.4 is 5.73 Å². The van der Waals surface area contributed by atoms with E-state index in [1.807, 2.05) is 24.4 Å². The molecule has 0 amide bonds. The zero-order valence-electron chi connectivity index (χ0n) is 10.5. The maximum atomic E-state index is 6.16. The first-order chi connectivity index (χ1) is 9.16. The zero-order valence-corrected chi connectivity index (χ0v) is 12.0. The van der Waals surface area contributed by atoms with E-state index < -0.39 is 0 Å². The number of benzene rings is 1. The lowest BCUT2D eigenvalue weighted by molar-refractivity contribution is 0.610. The third-order valence-corrected chi connectivity index (χ3v) is 3.90. The van der Waals surface area contributed by atoms with Crippen molar-refractivity contribution < 1.29 is 0 Å². The Morgan fingerprint density at radius 3 is 2.74 bits per heavy atom. The molecule has 0 bridgehead atoms. The first-order valence-corrected chi connectivity index (χ1v) is 7.00. The van der Waals surface area contributed by atoms with Gasteiger partial charge < -0.3 is 5.73 Å². The van der Waals surface area contributed by atoms with Gasteiger partial charge in [0.1, 0.15) is 0 Å². The maximum absolute atomic E-state index is 6.16. The van der Waals surface area contributed by atoms with Gasteiger partial charge in [0.25, 0.3) is 0 Å². The summed E-state index contributed by atoms with van der Waals surface area (Å²) >= 11 is 12.1. The minimum Gasteiger partial charge on any atom is -0.327 e. The van der Waals surface area contributed by atoms with Gasteiger partial charge in [-0.1, -0.05) is 41.4 Å². The second kappa shape index (κ2) is 6.90. The van der Waals surface area contributed by atoms with Crippen LogP contribution >= 0.6 is 23.2 Å². The van der Waals surface area contributed by atoms with E-state index in [-0.39, 0.29) is 6.04 Å². The third-order valence-electron chi connectivity index (χ3n) is 3.04. The molecule has 2 aromatic rings. The van der Waals surface area contributed by atoms with Gasteiger partial charge in [-0.25, -0.2) is 0 Å². The lowest BCUT2D eigenvalue weighted by atomic mass is 10.0. The van der Waals surface area contributed by atoms with Crippen LogP contribution in [-0.4, -0.2) is 11.0 Å². The summed E-state index contributed by atoms with van der Waals surface area (Å²) < 4.78 is 0. The van der Waals surface area contributed by atoms with Crippen LogP contribution in [0.4, 0.5) is 0 Å². The largest absolute Gasteiger partial charge is 0.327 e. The lowest BCUT2D eigenvalue weighted by Gasteiger charge is -2.13. The van der Waals surface area contributed by atoms with Gasteiger partial charge in [0, 0.05) is 18.4 Å². The van der Waals surface area contributed by atoms with Crippen LogP contribution in [-0.2, 0) is 12.8 Å². The van der Waals surface area contributed by atoms with Gasteiger partial charge in [0.15, 0.2) is 0 Å².